The highest BCUT2D eigenvalue weighted by Gasteiger charge is 2.45. The number of ketones is 1. The minimum atomic E-state index is -1.60. The van der Waals surface area contributed by atoms with Crippen molar-refractivity contribution in [2.45, 2.75) is 37.9 Å². The van der Waals surface area contributed by atoms with Crippen molar-refractivity contribution in [3.63, 3.8) is 0 Å². The van der Waals surface area contributed by atoms with Crippen LogP contribution in [0.15, 0.2) is 29.3 Å². The fourth-order valence-electron chi connectivity index (χ4n) is 3.75. The SMILES string of the molecule is CN(C)C(=O)C(=O)N(C)C1CCCCN2C(=O)C(=O)C(C(=O)NCc3ccc(F)cc3)N=C12. The van der Waals surface area contributed by atoms with Crippen molar-refractivity contribution in [3.8, 4) is 0 Å². The maximum atomic E-state index is 13.1. The summed E-state index contributed by atoms with van der Waals surface area (Å²) in [6.07, 6.45) is 1.64. The predicted octanol–water partition coefficient (Wildman–Crippen LogP) is -0.281. The Morgan fingerprint density at radius 3 is 2.39 bits per heavy atom. The quantitative estimate of drug-likeness (QED) is 0.491. The largest absolute Gasteiger partial charge is 0.350 e. The highest BCUT2D eigenvalue weighted by Crippen LogP contribution is 2.23. The van der Waals surface area contributed by atoms with Crippen LogP contribution in [0.2, 0.25) is 0 Å². The van der Waals surface area contributed by atoms with Gasteiger partial charge in [0.25, 0.3) is 17.6 Å². The lowest BCUT2D eigenvalue weighted by Gasteiger charge is -2.35. The first-order valence-corrected chi connectivity index (χ1v) is 10.6. The molecule has 1 N–H and O–H groups in total. The molecule has 2 atom stereocenters. The Balaban J connectivity index is 1.86. The molecule has 2 unspecified atom stereocenters. The second-order valence-corrected chi connectivity index (χ2v) is 8.18. The van der Waals surface area contributed by atoms with Crippen molar-refractivity contribution in [2.75, 3.05) is 27.7 Å². The number of halogens is 1. The number of carbonyl (C=O) groups excluding carboxylic acids is 5. The highest BCUT2D eigenvalue weighted by atomic mass is 19.1. The average Bonchev–Trinajstić information content (AvgIpc) is 3.01. The van der Waals surface area contributed by atoms with E-state index in [1.165, 1.54) is 55.2 Å². The Morgan fingerprint density at radius 1 is 1.09 bits per heavy atom. The van der Waals surface area contributed by atoms with E-state index in [-0.39, 0.29) is 18.9 Å². The lowest BCUT2D eigenvalue weighted by Crippen LogP contribution is -2.59. The van der Waals surface area contributed by atoms with Crippen LogP contribution in [0, 0.1) is 5.82 Å². The summed E-state index contributed by atoms with van der Waals surface area (Å²) >= 11 is 0. The third-order valence-electron chi connectivity index (χ3n) is 5.65. The molecular weight excluding hydrogens is 433 g/mol. The van der Waals surface area contributed by atoms with Gasteiger partial charge in [-0.25, -0.2) is 9.38 Å². The van der Waals surface area contributed by atoms with E-state index in [1.807, 2.05) is 0 Å². The van der Waals surface area contributed by atoms with Crippen molar-refractivity contribution in [1.29, 1.82) is 0 Å². The third kappa shape index (κ3) is 5.07. The van der Waals surface area contributed by atoms with E-state index in [0.717, 1.165) is 4.90 Å². The Hall–Kier alpha value is -3.63. The van der Waals surface area contributed by atoms with Gasteiger partial charge >= 0.3 is 11.8 Å². The number of rotatable bonds is 4. The van der Waals surface area contributed by atoms with E-state index in [4.69, 9.17) is 0 Å². The van der Waals surface area contributed by atoms with Gasteiger partial charge in [0.2, 0.25) is 0 Å². The molecule has 1 aromatic carbocycles. The molecule has 10 nitrogen and oxygen atoms in total. The number of Topliss-reactive ketones (excluding diaryl/α,β-unsaturated/α-hetero) is 1. The van der Waals surface area contributed by atoms with Crippen LogP contribution in [0.1, 0.15) is 24.8 Å². The van der Waals surface area contributed by atoms with Crippen LogP contribution in [0.5, 0.6) is 0 Å². The van der Waals surface area contributed by atoms with Crippen LogP contribution in [0.3, 0.4) is 0 Å². The Kier molecular flexibility index (Phi) is 7.19. The van der Waals surface area contributed by atoms with E-state index in [9.17, 15) is 28.4 Å². The number of amidine groups is 1. The van der Waals surface area contributed by atoms with Crippen molar-refractivity contribution < 1.29 is 28.4 Å². The van der Waals surface area contributed by atoms with Crippen LogP contribution in [-0.4, -0.2) is 89.7 Å². The fourth-order valence-corrected chi connectivity index (χ4v) is 3.75. The van der Waals surface area contributed by atoms with Gasteiger partial charge in [-0.2, -0.15) is 0 Å². The van der Waals surface area contributed by atoms with Gasteiger partial charge in [0, 0.05) is 34.2 Å². The number of hydrogen-bond donors (Lipinski definition) is 1. The van der Waals surface area contributed by atoms with Crippen LogP contribution in [0.25, 0.3) is 0 Å². The molecule has 2 aliphatic rings. The number of likely N-dealkylation sites (N-methyl/N-ethyl adjacent to an activating group) is 2. The third-order valence-corrected chi connectivity index (χ3v) is 5.65. The second-order valence-electron chi connectivity index (χ2n) is 8.18. The lowest BCUT2D eigenvalue weighted by atomic mass is 10.0. The molecule has 176 valence electrons. The standard InChI is InChI=1S/C22H26FN5O5/c1-26(2)21(32)22(33)27(3)15-6-4-5-11-28-18(15)25-16(17(29)20(28)31)19(30)24-12-13-7-9-14(23)10-8-13/h7-10,15-16H,4-6,11-12H2,1-3H3,(H,24,30). The highest BCUT2D eigenvalue weighted by molar-refractivity contribution is 6.46. The van der Waals surface area contributed by atoms with Gasteiger partial charge in [-0.05, 0) is 37.0 Å². The molecule has 1 saturated heterocycles. The maximum Gasteiger partial charge on any atom is 0.312 e. The van der Waals surface area contributed by atoms with Gasteiger partial charge in [0.15, 0.2) is 6.04 Å². The minimum Gasteiger partial charge on any atom is -0.350 e. The molecule has 0 aromatic heterocycles. The Morgan fingerprint density at radius 2 is 1.76 bits per heavy atom. The molecule has 11 heteroatoms. The molecule has 0 bridgehead atoms. The van der Waals surface area contributed by atoms with Gasteiger partial charge in [-0.1, -0.05) is 12.1 Å². The molecule has 0 spiro atoms. The first kappa shape index (κ1) is 24.0. The topological polar surface area (TPSA) is 119 Å². The number of aliphatic imine (C=N–C) groups is 1. The van der Waals surface area contributed by atoms with E-state index in [2.05, 4.69) is 10.3 Å². The molecular formula is C22H26FN5O5. The number of fused-ring (bicyclic) bond motifs is 1. The maximum absolute atomic E-state index is 13.1. The zero-order valence-electron chi connectivity index (χ0n) is 18.7. The van der Waals surface area contributed by atoms with E-state index >= 15 is 0 Å². The molecule has 2 heterocycles. The molecule has 0 radical (unpaired) electrons. The summed E-state index contributed by atoms with van der Waals surface area (Å²) in [6, 6.07) is 3.12. The van der Waals surface area contributed by atoms with E-state index in [1.54, 1.807) is 0 Å². The molecule has 3 rings (SSSR count). The number of benzene rings is 1. The first-order valence-electron chi connectivity index (χ1n) is 10.6. The zero-order valence-corrected chi connectivity index (χ0v) is 18.7. The summed E-state index contributed by atoms with van der Waals surface area (Å²) < 4.78 is 13.1. The van der Waals surface area contributed by atoms with Crippen LogP contribution >= 0.6 is 0 Å². The van der Waals surface area contributed by atoms with Crippen molar-refractivity contribution in [3.05, 3.63) is 35.6 Å². The van der Waals surface area contributed by atoms with Crippen LogP contribution < -0.4 is 5.32 Å². The second kappa shape index (κ2) is 9.88. The predicted molar refractivity (Wildman–Crippen MR) is 115 cm³/mol. The monoisotopic (exact) mass is 459 g/mol. The van der Waals surface area contributed by atoms with Crippen molar-refractivity contribution in [1.82, 2.24) is 20.0 Å². The average molecular weight is 459 g/mol. The number of hydrogen-bond acceptors (Lipinski definition) is 6. The first-order chi connectivity index (χ1) is 15.6. The Labute approximate surface area is 190 Å². The number of nitrogens with zero attached hydrogens (tertiary/aromatic N) is 4. The molecule has 0 saturated carbocycles. The van der Waals surface area contributed by atoms with Gasteiger partial charge in [0.1, 0.15) is 11.7 Å². The van der Waals surface area contributed by atoms with Gasteiger partial charge in [-0.3, -0.25) is 28.9 Å². The molecule has 0 aliphatic carbocycles. The lowest BCUT2D eigenvalue weighted by molar-refractivity contribution is -0.150. The van der Waals surface area contributed by atoms with Crippen LogP contribution in [-0.2, 0) is 30.5 Å². The molecule has 2 aliphatic heterocycles. The van der Waals surface area contributed by atoms with Gasteiger partial charge < -0.3 is 15.1 Å². The summed E-state index contributed by atoms with van der Waals surface area (Å²) in [5, 5.41) is 2.55. The minimum absolute atomic E-state index is 0.0187. The normalized spacial score (nSPS) is 20.4. The van der Waals surface area contributed by atoms with E-state index in [0.29, 0.717) is 24.8 Å². The zero-order chi connectivity index (χ0) is 24.3. The van der Waals surface area contributed by atoms with E-state index < -0.39 is 47.3 Å². The number of carbonyl (C=O) groups is 5. The summed E-state index contributed by atoms with van der Waals surface area (Å²) in [7, 11) is 4.34. The van der Waals surface area contributed by atoms with Crippen molar-refractivity contribution in [2.24, 2.45) is 4.99 Å². The molecule has 1 aromatic rings. The van der Waals surface area contributed by atoms with Crippen LogP contribution in [0.4, 0.5) is 4.39 Å². The molecule has 1 fully saturated rings. The summed E-state index contributed by atoms with van der Waals surface area (Å²) in [5.41, 5.74) is 0.605. The molecule has 33 heavy (non-hydrogen) atoms. The van der Waals surface area contributed by atoms with Crippen molar-refractivity contribution >= 4 is 35.2 Å². The summed E-state index contributed by atoms with van der Waals surface area (Å²) in [6.45, 7) is 0.248. The number of amides is 4. The Bertz CT molecular complexity index is 1010. The molecule has 4 amide bonds. The van der Waals surface area contributed by atoms with Gasteiger partial charge in [0.05, 0.1) is 6.04 Å². The van der Waals surface area contributed by atoms with Gasteiger partial charge in [-0.15, -0.1) is 0 Å². The smallest absolute Gasteiger partial charge is 0.312 e. The summed E-state index contributed by atoms with van der Waals surface area (Å²) in [4.78, 5) is 70.8. The summed E-state index contributed by atoms with van der Waals surface area (Å²) in [5.74, 6) is -4.41. The fraction of sp³-hybridized carbons (Fsp3) is 0.455. The number of nitrogens with one attached hydrogen (secondary N) is 1.